The summed E-state index contributed by atoms with van der Waals surface area (Å²) < 4.78 is 13.4. The first-order valence-corrected chi connectivity index (χ1v) is 12.2. The molecule has 0 radical (unpaired) electrons. The first kappa shape index (κ1) is 29.3. The van der Waals surface area contributed by atoms with Crippen LogP contribution in [0.25, 0.3) is 0 Å². The first-order chi connectivity index (χ1) is 17.8. The summed E-state index contributed by atoms with van der Waals surface area (Å²) in [6, 6.07) is 6.06. The molecule has 3 N–H and O–H groups in total. The molecule has 2 rings (SSSR count). The number of hydrogen-bond donors (Lipinski definition) is 3. The van der Waals surface area contributed by atoms with E-state index < -0.39 is 0 Å². The van der Waals surface area contributed by atoms with Gasteiger partial charge in [-0.2, -0.15) is 4.98 Å². The highest BCUT2D eigenvalue weighted by atomic mass is 19.1. The molecule has 0 fully saturated rings. The van der Waals surface area contributed by atoms with E-state index in [1.54, 1.807) is 36.4 Å². The molecule has 0 atom stereocenters. The quantitative estimate of drug-likeness (QED) is 0.282. The van der Waals surface area contributed by atoms with Crippen LogP contribution in [0.2, 0.25) is 0 Å². The van der Waals surface area contributed by atoms with Crippen LogP contribution in [0, 0.1) is 17.7 Å². The number of halogens is 1. The number of rotatable bonds is 13. The van der Waals surface area contributed by atoms with Crippen molar-refractivity contribution in [3.05, 3.63) is 54.0 Å². The van der Waals surface area contributed by atoms with E-state index in [1.807, 2.05) is 25.9 Å². The van der Waals surface area contributed by atoms with Gasteiger partial charge in [0.25, 0.3) is 0 Å². The van der Waals surface area contributed by atoms with Gasteiger partial charge in [0.1, 0.15) is 11.6 Å². The van der Waals surface area contributed by atoms with E-state index in [0.717, 1.165) is 6.42 Å². The van der Waals surface area contributed by atoms with Crippen molar-refractivity contribution in [2.45, 2.75) is 26.2 Å². The predicted octanol–water partition coefficient (Wildman–Crippen LogP) is 3.01. The Morgan fingerprint density at radius 1 is 1.19 bits per heavy atom. The molecule has 10 heteroatoms. The second kappa shape index (κ2) is 15.9. The molecule has 1 aromatic heterocycles. The van der Waals surface area contributed by atoms with Crippen molar-refractivity contribution in [2.24, 2.45) is 0 Å². The number of carbonyl (C=O) groups is 2. The molecule has 0 aliphatic carbocycles. The monoisotopic (exact) mass is 509 g/mol. The van der Waals surface area contributed by atoms with Gasteiger partial charge >= 0.3 is 0 Å². The van der Waals surface area contributed by atoms with Gasteiger partial charge in [0.15, 0.2) is 0 Å². The maximum absolute atomic E-state index is 13.4. The summed E-state index contributed by atoms with van der Waals surface area (Å²) in [6.07, 6.45) is 6.44. The van der Waals surface area contributed by atoms with E-state index in [-0.39, 0.29) is 24.1 Å². The minimum Gasteiger partial charge on any atom is -0.369 e. The number of likely N-dealkylation sites (N-methyl/N-ethyl adjacent to an activating group) is 2. The zero-order valence-corrected chi connectivity index (χ0v) is 22.0. The van der Waals surface area contributed by atoms with Crippen LogP contribution in [0.3, 0.4) is 0 Å². The van der Waals surface area contributed by atoms with Gasteiger partial charge in [-0.1, -0.05) is 30.9 Å². The summed E-state index contributed by atoms with van der Waals surface area (Å²) >= 11 is 0. The van der Waals surface area contributed by atoms with E-state index in [2.05, 4.69) is 37.8 Å². The summed E-state index contributed by atoms with van der Waals surface area (Å²) in [5.74, 6) is 6.33. The Morgan fingerprint density at radius 3 is 2.73 bits per heavy atom. The van der Waals surface area contributed by atoms with Crippen LogP contribution in [-0.2, 0) is 9.59 Å². The highest BCUT2D eigenvalue weighted by Gasteiger charge is 2.08. The predicted molar refractivity (Wildman–Crippen MR) is 145 cm³/mol. The maximum Gasteiger partial charge on any atom is 0.246 e. The minimum atomic E-state index is -0.353. The molecule has 2 amide bonds. The zero-order chi connectivity index (χ0) is 27.0. The van der Waals surface area contributed by atoms with Crippen LogP contribution in [-0.4, -0.2) is 78.9 Å². The Labute approximate surface area is 218 Å². The third-order valence-electron chi connectivity index (χ3n) is 4.99. The Kier molecular flexibility index (Phi) is 12.6. The molecule has 9 nitrogen and oxygen atoms in total. The molecule has 37 heavy (non-hydrogen) atoms. The van der Waals surface area contributed by atoms with Crippen LogP contribution in [0.5, 0.6) is 0 Å². The molecule has 0 bridgehead atoms. The third-order valence-corrected chi connectivity index (χ3v) is 4.99. The smallest absolute Gasteiger partial charge is 0.246 e. The maximum atomic E-state index is 13.4. The molecule has 0 spiro atoms. The highest BCUT2D eigenvalue weighted by molar-refractivity contribution is 5.87. The standard InChI is InChI=1S/C27H36FN7O2/c1-5-15-30-26-21(20-31-27(33-26)32-23-12-8-11-22(28)19-23)10-6-7-13-24(36)29-16-18-35(4)25(37)14-9-17-34(2)3/h8-9,11-12,14,19-20H,5,7,13,15-18H2,1-4H3,(H,29,36)(H2,30,31,32,33). The molecule has 0 saturated carbocycles. The molecular formula is C27H36FN7O2. The average molecular weight is 510 g/mol. The van der Waals surface area contributed by atoms with Crippen LogP contribution >= 0.6 is 0 Å². The van der Waals surface area contributed by atoms with E-state index in [4.69, 9.17) is 0 Å². The second-order valence-electron chi connectivity index (χ2n) is 8.59. The minimum absolute atomic E-state index is 0.103. The summed E-state index contributed by atoms with van der Waals surface area (Å²) in [4.78, 5) is 36.4. The van der Waals surface area contributed by atoms with Crippen molar-refractivity contribution in [3.8, 4) is 11.8 Å². The molecule has 0 saturated heterocycles. The lowest BCUT2D eigenvalue weighted by Gasteiger charge is -2.15. The number of benzene rings is 1. The average Bonchev–Trinajstić information content (AvgIpc) is 2.85. The van der Waals surface area contributed by atoms with Gasteiger partial charge in [0.05, 0.1) is 11.8 Å². The van der Waals surface area contributed by atoms with Crippen molar-refractivity contribution in [1.82, 2.24) is 25.1 Å². The number of nitrogens with one attached hydrogen (secondary N) is 3. The molecule has 198 valence electrons. The molecule has 1 heterocycles. The Morgan fingerprint density at radius 2 is 2.00 bits per heavy atom. The number of anilines is 3. The van der Waals surface area contributed by atoms with Gasteiger partial charge in [-0.15, -0.1) is 0 Å². The molecule has 1 aromatic carbocycles. The van der Waals surface area contributed by atoms with Crippen molar-refractivity contribution in [2.75, 3.05) is 58.0 Å². The lowest BCUT2D eigenvalue weighted by atomic mass is 10.2. The van der Waals surface area contributed by atoms with E-state index >= 15 is 0 Å². The highest BCUT2D eigenvalue weighted by Crippen LogP contribution is 2.18. The summed E-state index contributed by atoms with van der Waals surface area (Å²) in [6.45, 7) is 4.22. The molecule has 0 aliphatic heterocycles. The number of nitrogens with zero attached hydrogens (tertiary/aromatic N) is 4. The van der Waals surface area contributed by atoms with Crippen molar-refractivity contribution in [3.63, 3.8) is 0 Å². The van der Waals surface area contributed by atoms with Crippen LogP contribution in [0.1, 0.15) is 31.7 Å². The van der Waals surface area contributed by atoms with Crippen molar-refractivity contribution in [1.29, 1.82) is 0 Å². The zero-order valence-electron chi connectivity index (χ0n) is 22.0. The van der Waals surface area contributed by atoms with Gasteiger partial charge in [-0.3, -0.25) is 9.59 Å². The Hall–Kier alpha value is -3.97. The fraction of sp³-hybridized carbons (Fsp3) is 0.407. The van der Waals surface area contributed by atoms with Gasteiger partial charge in [-0.25, -0.2) is 9.37 Å². The topological polar surface area (TPSA) is 102 Å². The SMILES string of the molecule is CCCNc1nc(Nc2cccc(F)c2)ncc1C#CCCC(=O)NCCN(C)C(=O)C=CCN(C)C. The van der Waals surface area contributed by atoms with Crippen LogP contribution in [0.4, 0.5) is 21.8 Å². The number of aromatic nitrogens is 2. The Balaban J connectivity index is 1.84. The fourth-order valence-corrected chi connectivity index (χ4v) is 2.99. The summed E-state index contributed by atoms with van der Waals surface area (Å²) in [5.41, 5.74) is 1.16. The van der Waals surface area contributed by atoms with E-state index in [9.17, 15) is 14.0 Å². The van der Waals surface area contributed by atoms with Gasteiger partial charge in [0.2, 0.25) is 17.8 Å². The number of amides is 2. The number of hydrogen-bond acceptors (Lipinski definition) is 7. The van der Waals surface area contributed by atoms with Gasteiger partial charge < -0.3 is 25.8 Å². The van der Waals surface area contributed by atoms with Crippen molar-refractivity contribution < 1.29 is 14.0 Å². The van der Waals surface area contributed by atoms with E-state index in [1.165, 1.54) is 18.2 Å². The lowest BCUT2D eigenvalue weighted by Crippen LogP contribution is -2.35. The largest absolute Gasteiger partial charge is 0.369 e. The fourth-order valence-electron chi connectivity index (χ4n) is 2.99. The van der Waals surface area contributed by atoms with Gasteiger partial charge in [0, 0.05) is 57.8 Å². The van der Waals surface area contributed by atoms with Crippen LogP contribution in [0.15, 0.2) is 42.6 Å². The normalized spacial score (nSPS) is 10.6. The third kappa shape index (κ3) is 11.5. The Bertz CT molecular complexity index is 1130. The molecular weight excluding hydrogens is 473 g/mol. The van der Waals surface area contributed by atoms with Crippen molar-refractivity contribution >= 4 is 29.3 Å². The van der Waals surface area contributed by atoms with E-state index in [0.29, 0.717) is 55.6 Å². The van der Waals surface area contributed by atoms with Gasteiger partial charge in [-0.05, 0) is 38.7 Å². The van der Waals surface area contributed by atoms with Crippen LogP contribution < -0.4 is 16.0 Å². The molecule has 0 unspecified atom stereocenters. The lowest BCUT2D eigenvalue weighted by molar-refractivity contribution is -0.125. The first-order valence-electron chi connectivity index (χ1n) is 12.2. The number of carbonyl (C=O) groups excluding carboxylic acids is 2. The summed E-state index contributed by atoms with van der Waals surface area (Å²) in [7, 11) is 5.56. The molecule has 2 aromatic rings. The second-order valence-corrected chi connectivity index (χ2v) is 8.59. The molecule has 0 aliphatic rings. The summed E-state index contributed by atoms with van der Waals surface area (Å²) in [5, 5.41) is 9.03.